The van der Waals surface area contributed by atoms with Gasteiger partial charge in [0, 0.05) is 11.8 Å². The summed E-state index contributed by atoms with van der Waals surface area (Å²) in [6.45, 7) is 3.62. The summed E-state index contributed by atoms with van der Waals surface area (Å²) in [6, 6.07) is 1.66. The standard InChI is InChI=1S/C18H23N3O4/c1-10-16(11(2)25-21-10)7-17(23)20-18(12-4-14(22)5-12)13-6-15(24-3)9-19-8-13/h6,8-9,12,14,18,22H,4-5,7H2,1-3H3,(H,20,23)/t12?,14?,18-/m0/s1. The molecule has 1 aliphatic carbocycles. The van der Waals surface area contributed by atoms with Crippen molar-refractivity contribution in [2.75, 3.05) is 7.11 Å². The summed E-state index contributed by atoms with van der Waals surface area (Å²) >= 11 is 0. The molecule has 1 aliphatic rings. The highest BCUT2D eigenvalue weighted by Crippen LogP contribution is 2.38. The molecule has 2 aromatic rings. The number of aromatic nitrogens is 2. The number of aryl methyl sites for hydroxylation is 2. The van der Waals surface area contributed by atoms with Gasteiger partial charge in [-0.15, -0.1) is 0 Å². The van der Waals surface area contributed by atoms with Crippen LogP contribution >= 0.6 is 0 Å². The molecule has 0 aliphatic heterocycles. The highest BCUT2D eigenvalue weighted by atomic mass is 16.5. The maximum Gasteiger partial charge on any atom is 0.225 e. The molecule has 7 heteroatoms. The normalized spacial score (nSPS) is 20.6. The van der Waals surface area contributed by atoms with Crippen LogP contribution in [0.25, 0.3) is 0 Å². The predicted molar refractivity (Wildman–Crippen MR) is 90.1 cm³/mol. The number of hydrogen-bond acceptors (Lipinski definition) is 6. The molecule has 134 valence electrons. The van der Waals surface area contributed by atoms with Crippen molar-refractivity contribution in [3.8, 4) is 5.75 Å². The number of carbonyl (C=O) groups is 1. The number of nitrogens with zero attached hydrogens (tertiary/aromatic N) is 2. The lowest BCUT2D eigenvalue weighted by Gasteiger charge is -2.38. The summed E-state index contributed by atoms with van der Waals surface area (Å²) < 4.78 is 10.4. The van der Waals surface area contributed by atoms with Gasteiger partial charge in [0.15, 0.2) is 0 Å². The van der Waals surface area contributed by atoms with Gasteiger partial charge in [0.05, 0.1) is 37.6 Å². The van der Waals surface area contributed by atoms with Gasteiger partial charge in [-0.3, -0.25) is 9.78 Å². The van der Waals surface area contributed by atoms with Crippen molar-refractivity contribution >= 4 is 5.91 Å². The maximum absolute atomic E-state index is 12.6. The van der Waals surface area contributed by atoms with E-state index in [1.54, 1.807) is 26.4 Å². The maximum atomic E-state index is 12.6. The molecule has 2 heterocycles. The molecule has 1 atom stereocenters. The average Bonchev–Trinajstić information content (AvgIpc) is 2.89. The number of pyridine rings is 1. The fourth-order valence-corrected chi connectivity index (χ4v) is 3.23. The van der Waals surface area contributed by atoms with Crippen molar-refractivity contribution in [2.45, 2.75) is 45.3 Å². The first-order chi connectivity index (χ1) is 12.0. The highest BCUT2D eigenvalue weighted by Gasteiger charge is 2.36. The van der Waals surface area contributed by atoms with Crippen LogP contribution in [0.4, 0.5) is 0 Å². The predicted octanol–water partition coefficient (Wildman–Crippen LogP) is 1.87. The molecule has 0 radical (unpaired) electrons. The van der Waals surface area contributed by atoms with Crippen LogP contribution in [-0.4, -0.2) is 34.4 Å². The molecule has 1 saturated carbocycles. The van der Waals surface area contributed by atoms with Gasteiger partial charge in [0.25, 0.3) is 0 Å². The third kappa shape index (κ3) is 3.82. The summed E-state index contributed by atoms with van der Waals surface area (Å²) in [4.78, 5) is 16.8. The third-order valence-electron chi connectivity index (χ3n) is 4.79. The Morgan fingerprint density at radius 1 is 1.44 bits per heavy atom. The summed E-state index contributed by atoms with van der Waals surface area (Å²) in [5, 5.41) is 16.6. The lowest BCUT2D eigenvalue weighted by molar-refractivity contribution is -0.122. The van der Waals surface area contributed by atoms with Crippen molar-refractivity contribution in [3.63, 3.8) is 0 Å². The minimum absolute atomic E-state index is 0.108. The zero-order valence-corrected chi connectivity index (χ0v) is 14.7. The van der Waals surface area contributed by atoms with E-state index in [2.05, 4.69) is 15.5 Å². The lowest BCUT2D eigenvalue weighted by atomic mass is 9.75. The molecule has 0 unspecified atom stereocenters. The third-order valence-corrected chi connectivity index (χ3v) is 4.79. The molecule has 0 saturated heterocycles. The number of ether oxygens (including phenoxy) is 1. The minimum atomic E-state index is -0.300. The zero-order chi connectivity index (χ0) is 18.0. The second kappa shape index (κ2) is 7.23. The molecular formula is C18H23N3O4. The number of hydrogen-bond donors (Lipinski definition) is 2. The summed E-state index contributed by atoms with van der Waals surface area (Å²) in [5.74, 6) is 1.37. The summed E-state index contributed by atoms with van der Waals surface area (Å²) in [5.41, 5.74) is 2.42. The van der Waals surface area contributed by atoms with E-state index in [1.807, 2.05) is 13.0 Å². The van der Waals surface area contributed by atoms with Crippen molar-refractivity contribution in [1.82, 2.24) is 15.5 Å². The van der Waals surface area contributed by atoms with Gasteiger partial charge in [-0.2, -0.15) is 0 Å². The second-order valence-electron chi connectivity index (χ2n) is 6.57. The molecule has 0 aromatic carbocycles. The molecule has 0 bridgehead atoms. The molecule has 1 fully saturated rings. The van der Waals surface area contributed by atoms with Crippen molar-refractivity contribution < 1.29 is 19.2 Å². The Morgan fingerprint density at radius 3 is 2.80 bits per heavy atom. The molecule has 3 rings (SSSR count). The molecular weight excluding hydrogens is 322 g/mol. The van der Waals surface area contributed by atoms with E-state index in [-0.39, 0.29) is 30.4 Å². The van der Waals surface area contributed by atoms with Crippen LogP contribution in [0, 0.1) is 19.8 Å². The van der Waals surface area contributed by atoms with E-state index in [0.717, 1.165) is 16.8 Å². The van der Waals surface area contributed by atoms with E-state index in [9.17, 15) is 9.90 Å². The first-order valence-corrected chi connectivity index (χ1v) is 8.36. The summed E-state index contributed by atoms with van der Waals surface area (Å²) in [6.07, 6.45) is 4.59. The summed E-state index contributed by atoms with van der Waals surface area (Å²) in [7, 11) is 1.58. The van der Waals surface area contributed by atoms with Gasteiger partial charge < -0.3 is 19.7 Å². The Labute approximate surface area is 146 Å². The second-order valence-corrected chi connectivity index (χ2v) is 6.57. The number of nitrogens with one attached hydrogen (secondary N) is 1. The van der Waals surface area contributed by atoms with E-state index >= 15 is 0 Å². The fourth-order valence-electron chi connectivity index (χ4n) is 3.23. The molecule has 2 aromatic heterocycles. The Bertz CT molecular complexity index is 733. The first-order valence-electron chi connectivity index (χ1n) is 8.36. The number of rotatable bonds is 6. The van der Waals surface area contributed by atoms with Crippen molar-refractivity contribution in [1.29, 1.82) is 0 Å². The number of methoxy groups -OCH3 is 1. The smallest absolute Gasteiger partial charge is 0.225 e. The van der Waals surface area contributed by atoms with Gasteiger partial charge in [0.2, 0.25) is 5.91 Å². The van der Waals surface area contributed by atoms with Gasteiger partial charge in [-0.05, 0) is 44.2 Å². The van der Waals surface area contributed by atoms with E-state index < -0.39 is 0 Å². The minimum Gasteiger partial charge on any atom is -0.495 e. The van der Waals surface area contributed by atoms with Crippen LogP contribution in [0.15, 0.2) is 23.0 Å². The first kappa shape index (κ1) is 17.4. The van der Waals surface area contributed by atoms with E-state index in [1.165, 1.54) is 0 Å². The van der Waals surface area contributed by atoms with E-state index in [4.69, 9.17) is 9.26 Å². The Kier molecular flexibility index (Phi) is 5.03. The van der Waals surface area contributed by atoms with Crippen LogP contribution in [0.1, 0.15) is 41.5 Å². The topological polar surface area (TPSA) is 97.5 Å². The average molecular weight is 345 g/mol. The SMILES string of the molecule is COc1cncc([C@@H](NC(=O)Cc2c(C)noc2C)C2CC(O)C2)c1. The van der Waals surface area contributed by atoms with Crippen LogP contribution in [0.3, 0.4) is 0 Å². The monoisotopic (exact) mass is 345 g/mol. The van der Waals surface area contributed by atoms with Crippen LogP contribution in [0.2, 0.25) is 0 Å². The van der Waals surface area contributed by atoms with Gasteiger partial charge in [0.1, 0.15) is 11.5 Å². The zero-order valence-electron chi connectivity index (χ0n) is 14.7. The quantitative estimate of drug-likeness (QED) is 0.829. The number of aliphatic hydroxyl groups is 1. The van der Waals surface area contributed by atoms with Gasteiger partial charge in [-0.1, -0.05) is 5.16 Å². The molecule has 1 amide bonds. The largest absolute Gasteiger partial charge is 0.495 e. The van der Waals surface area contributed by atoms with Crippen molar-refractivity contribution in [2.24, 2.45) is 5.92 Å². The number of aliphatic hydroxyl groups excluding tert-OH is 1. The van der Waals surface area contributed by atoms with Gasteiger partial charge >= 0.3 is 0 Å². The Morgan fingerprint density at radius 2 is 2.20 bits per heavy atom. The van der Waals surface area contributed by atoms with Crippen LogP contribution in [0.5, 0.6) is 5.75 Å². The molecule has 0 spiro atoms. The Balaban J connectivity index is 1.76. The number of amides is 1. The van der Waals surface area contributed by atoms with E-state index in [0.29, 0.717) is 24.4 Å². The fraction of sp³-hybridized carbons (Fsp3) is 0.500. The van der Waals surface area contributed by atoms with Crippen molar-refractivity contribution in [3.05, 3.63) is 41.0 Å². The van der Waals surface area contributed by atoms with Gasteiger partial charge in [-0.25, -0.2) is 0 Å². The molecule has 2 N–H and O–H groups in total. The number of carbonyl (C=O) groups excluding carboxylic acids is 1. The van der Waals surface area contributed by atoms with Crippen LogP contribution in [-0.2, 0) is 11.2 Å². The molecule has 25 heavy (non-hydrogen) atoms. The molecule has 7 nitrogen and oxygen atoms in total. The Hall–Kier alpha value is -2.41. The highest BCUT2D eigenvalue weighted by molar-refractivity contribution is 5.79. The lowest BCUT2D eigenvalue weighted by Crippen LogP contribution is -2.42. The van der Waals surface area contributed by atoms with Crippen LogP contribution < -0.4 is 10.1 Å².